The molecule has 4 rings (SSSR count). The average molecular weight is 345 g/mol. The summed E-state index contributed by atoms with van der Waals surface area (Å²) in [7, 11) is 0. The lowest BCUT2D eigenvalue weighted by Gasteiger charge is -2.02. The Morgan fingerprint density at radius 1 is 1.22 bits per heavy atom. The normalized spacial score (nSPS) is 11.0. The SMILES string of the molecule is Nc1c(-c2nc(-c3cccs3)no2)nnn1-c1cccc(Cl)c1. The number of aromatic nitrogens is 5. The second kappa shape index (κ2) is 5.49. The van der Waals surface area contributed by atoms with Gasteiger partial charge in [-0.15, -0.1) is 16.4 Å². The topological polar surface area (TPSA) is 95.7 Å². The number of rotatable bonds is 3. The monoisotopic (exact) mass is 344 g/mol. The van der Waals surface area contributed by atoms with Crippen LogP contribution in [0.2, 0.25) is 5.02 Å². The Labute approximate surface area is 139 Å². The largest absolute Gasteiger partial charge is 0.382 e. The van der Waals surface area contributed by atoms with Crippen molar-refractivity contribution >= 4 is 28.8 Å². The van der Waals surface area contributed by atoms with Crippen molar-refractivity contribution in [3.63, 3.8) is 0 Å². The van der Waals surface area contributed by atoms with E-state index in [0.717, 1.165) is 4.88 Å². The Morgan fingerprint density at radius 2 is 2.13 bits per heavy atom. The van der Waals surface area contributed by atoms with E-state index in [-0.39, 0.29) is 5.89 Å². The summed E-state index contributed by atoms with van der Waals surface area (Å²) in [4.78, 5) is 5.22. The first-order chi connectivity index (χ1) is 11.2. The van der Waals surface area contributed by atoms with E-state index in [9.17, 15) is 0 Å². The summed E-state index contributed by atoms with van der Waals surface area (Å²) in [5.41, 5.74) is 7.15. The maximum absolute atomic E-state index is 6.12. The molecule has 3 aromatic heterocycles. The van der Waals surface area contributed by atoms with Gasteiger partial charge in [-0.25, -0.2) is 0 Å². The smallest absolute Gasteiger partial charge is 0.282 e. The molecule has 0 bridgehead atoms. The standard InChI is InChI=1S/C14H9ClN6OS/c15-8-3-1-4-9(7-8)21-12(16)11(18-20-21)14-17-13(19-22-14)10-5-2-6-23-10/h1-7H,16H2. The van der Waals surface area contributed by atoms with Crippen molar-refractivity contribution in [2.45, 2.75) is 0 Å². The van der Waals surface area contributed by atoms with Gasteiger partial charge in [-0.2, -0.15) is 9.67 Å². The summed E-state index contributed by atoms with van der Waals surface area (Å²) in [5, 5.41) is 14.5. The zero-order chi connectivity index (χ0) is 15.8. The van der Waals surface area contributed by atoms with Gasteiger partial charge < -0.3 is 10.3 Å². The van der Waals surface area contributed by atoms with Crippen LogP contribution in [0.3, 0.4) is 0 Å². The highest BCUT2D eigenvalue weighted by Crippen LogP contribution is 2.28. The summed E-state index contributed by atoms with van der Waals surface area (Å²) in [6.07, 6.45) is 0. The minimum atomic E-state index is 0.221. The van der Waals surface area contributed by atoms with Crippen LogP contribution in [0.5, 0.6) is 0 Å². The Hall–Kier alpha value is -2.71. The molecule has 4 aromatic rings. The van der Waals surface area contributed by atoms with Crippen molar-refractivity contribution in [1.82, 2.24) is 25.1 Å². The van der Waals surface area contributed by atoms with E-state index >= 15 is 0 Å². The zero-order valence-electron chi connectivity index (χ0n) is 11.5. The molecule has 23 heavy (non-hydrogen) atoms. The Bertz CT molecular complexity index is 961. The molecule has 9 heteroatoms. The van der Waals surface area contributed by atoms with Gasteiger partial charge in [-0.05, 0) is 29.6 Å². The Balaban J connectivity index is 1.74. The molecule has 0 saturated heterocycles. The quantitative estimate of drug-likeness (QED) is 0.612. The van der Waals surface area contributed by atoms with Crippen molar-refractivity contribution < 1.29 is 4.52 Å². The molecule has 3 heterocycles. The van der Waals surface area contributed by atoms with Crippen LogP contribution in [-0.4, -0.2) is 25.1 Å². The van der Waals surface area contributed by atoms with E-state index in [1.807, 2.05) is 23.6 Å². The van der Waals surface area contributed by atoms with Crippen molar-refractivity contribution in [3.05, 3.63) is 46.8 Å². The number of hydrogen-bond donors (Lipinski definition) is 1. The van der Waals surface area contributed by atoms with Gasteiger partial charge in [0, 0.05) is 5.02 Å². The summed E-state index contributed by atoms with van der Waals surface area (Å²) in [5.74, 6) is 1.01. The predicted octanol–water partition coefficient (Wildman–Crippen LogP) is 3.28. The third-order valence-corrected chi connectivity index (χ3v) is 4.23. The number of halogens is 1. The van der Waals surface area contributed by atoms with E-state index in [0.29, 0.717) is 28.0 Å². The van der Waals surface area contributed by atoms with Gasteiger partial charge in [-0.1, -0.05) is 34.1 Å². The minimum Gasteiger partial charge on any atom is -0.382 e. The van der Waals surface area contributed by atoms with E-state index in [1.165, 1.54) is 16.0 Å². The number of nitrogens with zero attached hydrogens (tertiary/aromatic N) is 5. The van der Waals surface area contributed by atoms with Crippen molar-refractivity contribution in [1.29, 1.82) is 0 Å². The molecule has 0 radical (unpaired) electrons. The first kappa shape index (κ1) is 13.9. The second-order valence-corrected chi connectivity index (χ2v) is 6.00. The van der Waals surface area contributed by atoms with Gasteiger partial charge in [0.25, 0.3) is 5.89 Å². The fourth-order valence-corrected chi connectivity index (χ4v) is 2.90. The van der Waals surface area contributed by atoms with E-state index in [2.05, 4.69) is 20.5 Å². The minimum absolute atomic E-state index is 0.221. The molecule has 114 valence electrons. The summed E-state index contributed by atoms with van der Waals surface area (Å²) >= 11 is 7.51. The van der Waals surface area contributed by atoms with Gasteiger partial charge in [0.2, 0.25) is 5.82 Å². The lowest BCUT2D eigenvalue weighted by atomic mass is 10.3. The molecule has 0 fully saturated rings. The van der Waals surface area contributed by atoms with Crippen LogP contribution in [0, 0.1) is 0 Å². The van der Waals surface area contributed by atoms with Crippen LogP contribution >= 0.6 is 22.9 Å². The highest BCUT2D eigenvalue weighted by molar-refractivity contribution is 7.13. The third kappa shape index (κ3) is 2.47. The highest BCUT2D eigenvalue weighted by Gasteiger charge is 2.20. The number of anilines is 1. The van der Waals surface area contributed by atoms with Crippen molar-refractivity contribution in [2.24, 2.45) is 0 Å². The van der Waals surface area contributed by atoms with Gasteiger partial charge in [0.15, 0.2) is 11.5 Å². The van der Waals surface area contributed by atoms with E-state index < -0.39 is 0 Å². The summed E-state index contributed by atoms with van der Waals surface area (Å²) in [6, 6.07) is 11.0. The van der Waals surface area contributed by atoms with Crippen LogP contribution in [0.15, 0.2) is 46.3 Å². The molecular formula is C14H9ClN6OS. The van der Waals surface area contributed by atoms with Crippen LogP contribution in [-0.2, 0) is 0 Å². The van der Waals surface area contributed by atoms with Crippen LogP contribution < -0.4 is 5.73 Å². The van der Waals surface area contributed by atoms with Gasteiger partial charge in [0.05, 0.1) is 10.6 Å². The summed E-state index contributed by atoms with van der Waals surface area (Å²) in [6.45, 7) is 0. The molecule has 0 aliphatic heterocycles. The lowest BCUT2D eigenvalue weighted by Crippen LogP contribution is -2.02. The average Bonchev–Trinajstić information content (AvgIpc) is 3.27. The Kier molecular flexibility index (Phi) is 3.32. The predicted molar refractivity (Wildman–Crippen MR) is 87.4 cm³/mol. The molecule has 0 amide bonds. The maximum Gasteiger partial charge on any atom is 0.282 e. The highest BCUT2D eigenvalue weighted by atomic mass is 35.5. The number of thiophene rings is 1. The first-order valence-electron chi connectivity index (χ1n) is 6.57. The van der Waals surface area contributed by atoms with Gasteiger partial charge in [0.1, 0.15) is 0 Å². The maximum atomic E-state index is 6.12. The van der Waals surface area contributed by atoms with Crippen molar-refractivity contribution in [3.8, 4) is 28.0 Å². The molecule has 2 N–H and O–H groups in total. The molecule has 0 aliphatic rings. The van der Waals surface area contributed by atoms with Crippen LogP contribution in [0.4, 0.5) is 5.82 Å². The van der Waals surface area contributed by atoms with Gasteiger partial charge >= 0.3 is 0 Å². The third-order valence-electron chi connectivity index (χ3n) is 3.13. The molecule has 7 nitrogen and oxygen atoms in total. The lowest BCUT2D eigenvalue weighted by molar-refractivity contribution is 0.431. The van der Waals surface area contributed by atoms with E-state index in [4.69, 9.17) is 21.9 Å². The molecule has 0 aliphatic carbocycles. The molecular weight excluding hydrogens is 336 g/mol. The molecule has 0 atom stereocenters. The molecule has 0 unspecified atom stereocenters. The number of benzene rings is 1. The van der Waals surface area contributed by atoms with Crippen molar-refractivity contribution in [2.75, 3.05) is 5.73 Å². The number of nitrogen functional groups attached to an aromatic ring is 1. The number of hydrogen-bond acceptors (Lipinski definition) is 7. The van der Waals surface area contributed by atoms with Crippen LogP contribution in [0.1, 0.15) is 0 Å². The fourth-order valence-electron chi connectivity index (χ4n) is 2.07. The van der Waals surface area contributed by atoms with Gasteiger partial charge in [-0.3, -0.25) is 0 Å². The zero-order valence-corrected chi connectivity index (χ0v) is 13.1. The number of nitrogens with two attached hydrogens (primary N) is 1. The second-order valence-electron chi connectivity index (χ2n) is 4.62. The molecule has 1 aromatic carbocycles. The molecule has 0 spiro atoms. The first-order valence-corrected chi connectivity index (χ1v) is 7.83. The van der Waals surface area contributed by atoms with Crippen LogP contribution in [0.25, 0.3) is 28.0 Å². The van der Waals surface area contributed by atoms with E-state index in [1.54, 1.807) is 18.2 Å². The Morgan fingerprint density at radius 3 is 2.91 bits per heavy atom. The fraction of sp³-hybridized carbons (Fsp3) is 0. The molecule has 0 saturated carbocycles. The summed E-state index contributed by atoms with van der Waals surface area (Å²) < 4.78 is 6.72.